The highest BCUT2D eigenvalue weighted by Gasteiger charge is 2.59. The minimum atomic E-state index is -0.0844. The summed E-state index contributed by atoms with van der Waals surface area (Å²) in [6, 6.07) is 0. The van der Waals surface area contributed by atoms with Crippen molar-refractivity contribution in [3.05, 3.63) is 11.6 Å². The largest absolute Gasteiger partial charge is 0.393 e. The van der Waals surface area contributed by atoms with E-state index < -0.39 is 0 Å². The molecule has 184 valence electrons. The van der Waals surface area contributed by atoms with Gasteiger partial charge in [-0.1, -0.05) is 67.0 Å². The van der Waals surface area contributed by atoms with Crippen LogP contribution in [0.4, 0.5) is 0 Å². The fraction of sp³-hybridized carbons (Fsp3) is 0.935. The lowest BCUT2D eigenvalue weighted by Crippen LogP contribution is -2.50. The zero-order valence-corrected chi connectivity index (χ0v) is 22.7. The predicted molar refractivity (Wildman–Crippen MR) is 137 cm³/mol. The van der Waals surface area contributed by atoms with Crippen molar-refractivity contribution in [2.75, 3.05) is 0 Å². The zero-order valence-electron chi connectivity index (χ0n) is 22.7. The minimum Gasteiger partial charge on any atom is -0.393 e. The molecule has 1 nitrogen and oxygen atoms in total. The summed E-state index contributed by atoms with van der Waals surface area (Å²) in [4.78, 5) is 0. The zero-order chi connectivity index (χ0) is 23.5. The molecule has 0 unspecified atom stereocenters. The summed E-state index contributed by atoms with van der Waals surface area (Å²) in [7, 11) is 0. The van der Waals surface area contributed by atoms with Crippen molar-refractivity contribution < 1.29 is 5.11 Å². The van der Waals surface area contributed by atoms with Crippen LogP contribution in [0.1, 0.15) is 120 Å². The summed E-state index contributed by atoms with van der Waals surface area (Å²) >= 11 is 0. The molecule has 0 aromatic carbocycles. The second-order valence-corrected chi connectivity index (χ2v) is 14.2. The van der Waals surface area contributed by atoms with Crippen molar-refractivity contribution in [2.45, 2.75) is 126 Å². The van der Waals surface area contributed by atoms with Gasteiger partial charge in [-0.3, -0.25) is 0 Å². The van der Waals surface area contributed by atoms with Gasteiger partial charge in [-0.25, -0.2) is 0 Å². The summed E-state index contributed by atoms with van der Waals surface area (Å²) in [6.45, 7) is 20.2. The number of aliphatic hydroxyl groups is 1. The van der Waals surface area contributed by atoms with Crippen LogP contribution < -0.4 is 0 Å². The lowest BCUT2D eigenvalue weighted by Gasteiger charge is -2.58. The summed E-state index contributed by atoms with van der Waals surface area (Å²) in [5, 5.41) is 10.3. The van der Waals surface area contributed by atoms with Gasteiger partial charge in [-0.05, 0) is 122 Å². The van der Waals surface area contributed by atoms with Crippen molar-refractivity contribution in [3.8, 4) is 0 Å². The number of hydrogen-bond acceptors (Lipinski definition) is 1. The quantitative estimate of drug-likeness (QED) is 0.408. The minimum absolute atomic E-state index is 0.0844. The third-order valence-corrected chi connectivity index (χ3v) is 12.6. The van der Waals surface area contributed by atoms with Crippen molar-refractivity contribution in [1.82, 2.24) is 0 Å². The molecule has 4 aliphatic rings. The van der Waals surface area contributed by atoms with E-state index in [0.29, 0.717) is 16.2 Å². The van der Waals surface area contributed by atoms with Gasteiger partial charge >= 0.3 is 0 Å². The molecule has 0 aromatic rings. The Hall–Kier alpha value is -0.300. The molecular weight excluding hydrogens is 388 g/mol. The Labute approximate surface area is 200 Å². The first-order valence-electron chi connectivity index (χ1n) is 14.3. The Morgan fingerprint density at radius 2 is 1.66 bits per heavy atom. The van der Waals surface area contributed by atoms with Crippen LogP contribution in [0, 0.1) is 57.7 Å². The molecule has 32 heavy (non-hydrogen) atoms. The van der Waals surface area contributed by atoms with E-state index in [9.17, 15) is 5.11 Å². The highest BCUT2D eigenvalue weighted by molar-refractivity contribution is 5.25. The first kappa shape index (κ1) is 24.8. The lowest BCUT2D eigenvalue weighted by molar-refractivity contribution is -0.0582. The third-order valence-electron chi connectivity index (χ3n) is 12.6. The number of hydrogen-bond donors (Lipinski definition) is 1. The maximum atomic E-state index is 10.3. The Bertz CT molecular complexity index is 695. The van der Waals surface area contributed by atoms with E-state index in [-0.39, 0.29) is 6.10 Å². The molecule has 0 radical (unpaired) electrons. The van der Waals surface area contributed by atoms with Gasteiger partial charge in [-0.2, -0.15) is 0 Å². The molecular formula is C31H54O. The molecule has 3 saturated carbocycles. The van der Waals surface area contributed by atoms with Crippen LogP contribution in [-0.2, 0) is 0 Å². The summed E-state index contributed by atoms with van der Waals surface area (Å²) in [5.74, 6) is 5.98. The van der Waals surface area contributed by atoms with Gasteiger partial charge in [0.1, 0.15) is 0 Å². The van der Waals surface area contributed by atoms with E-state index in [2.05, 4.69) is 61.5 Å². The lowest BCUT2D eigenvalue weighted by atomic mass is 9.47. The molecule has 4 aliphatic carbocycles. The predicted octanol–water partition coefficient (Wildman–Crippen LogP) is 8.66. The second kappa shape index (κ2) is 8.73. The molecule has 4 rings (SSSR count). The van der Waals surface area contributed by atoms with Crippen LogP contribution in [0.5, 0.6) is 0 Å². The topological polar surface area (TPSA) is 20.2 Å². The highest BCUT2D eigenvalue weighted by Crippen LogP contribution is 2.67. The normalized spacial score (nSPS) is 43.0. The first-order valence-corrected chi connectivity index (χ1v) is 14.3. The van der Waals surface area contributed by atoms with Gasteiger partial charge in [0.25, 0.3) is 0 Å². The van der Waals surface area contributed by atoms with Crippen molar-refractivity contribution in [1.29, 1.82) is 0 Å². The summed E-state index contributed by atoms with van der Waals surface area (Å²) in [5.41, 5.74) is 3.02. The van der Waals surface area contributed by atoms with Gasteiger partial charge in [0.2, 0.25) is 0 Å². The number of fused-ring (bicyclic) bond motifs is 5. The van der Waals surface area contributed by atoms with Crippen LogP contribution in [0.2, 0.25) is 0 Å². The smallest absolute Gasteiger partial charge is 0.0577 e. The van der Waals surface area contributed by atoms with E-state index in [1.165, 1.54) is 51.4 Å². The van der Waals surface area contributed by atoms with E-state index in [1.54, 1.807) is 5.57 Å². The molecule has 0 saturated heterocycles. The van der Waals surface area contributed by atoms with Gasteiger partial charge < -0.3 is 5.11 Å². The van der Waals surface area contributed by atoms with Crippen LogP contribution in [0.25, 0.3) is 0 Å². The van der Waals surface area contributed by atoms with Crippen molar-refractivity contribution in [3.63, 3.8) is 0 Å². The molecule has 8 atom stereocenters. The highest BCUT2D eigenvalue weighted by atomic mass is 16.3. The van der Waals surface area contributed by atoms with Gasteiger partial charge in [0.05, 0.1) is 6.10 Å². The third kappa shape index (κ3) is 3.85. The van der Waals surface area contributed by atoms with Crippen LogP contribution >= 0.6 is 0 Å². The maximum Gasteiger partial charge on any atom is 0.0577 e. The molecule has 0 aromatic heterocycles. The second-order valence-electron chi connectivity index (χ2n) is 14.2. The van der Waals surface area contributed by atoms with Crippen LogP contribution in [-0.4, -0.2) is 11.2 Å². The standard InChI is InChI=1S/C31H54O/c1-20(2)29(6,21(3)4)16-13-22(5)26-11-12-27-25-10-9-23-19-24(32)14-17-30(23,7)28(25)15-18-31(26,27)8/h9,20-22,24-28,32H,10-19H2,1-8H3/t22-,24+,25+,26-,27+,28+,30+,31-/m1/s1. The van der Waals surface area contributed by atoms with Crippen molar-refractivity contribution in [2.24, 2.45) is 57.7 Å². The average Bonchev–Trinajstić information content (AvgIpc) is 3.09. The first-order chi connectivity index (χ1) is 14.9. The number of allylic oxidation sites excluding steroid dienone is 1. The number of aliphatic hydroxyl groups excluding tert-OH is 1. The van der Waals surface area contributed by atoms with Gasteiger partial charge in [0.15, 0.2) is 0 Å². The molecule has 0 heterocycles. The van der Waals surface area contributed by atoms with Gasteiger partial charge in [-0.15, -0.1) is 0 Å². The molecule has 0 bridgehead atoms. The van der Waals surface area contributed by atoms with E-state index in [1.807, 2.05) is 0 Å². The van der Waals surface area contributed by atoms with Crippen LogP contribution in [0.3, 0.4) is 0 Å². The summed E-state index contributed by atoms with van der Waals surface area (Å²) < 4.78 is 0. The van der Waals surface area contributed by atoms with E-state index >= 15 is 0 Å². The van der Waals surface area contributed by atoms with E-state index in [0.717, 1.165) is 54.3 Å². The fourth-order valence-electron chi connectivity index (χ4n) is 9.60. The summed E-state index contributed by atoms with van der Waals surface area (Å²) in [6.07, 6.45) is 15.6. The van der Waals surface area contributed by atoms with Crippen LogP contribution in [0.15, 0.2) is 11.6 Å². The fourth-order valence-corrected chi connectivity index (χ4v) is 9.60. The molecule has 0 spiro atoms. The molecule has 0 aliphatic heterocycles. The molecule has 1 heteroatoms. The molecule has 1 N–H and O–H groups in total. The SMILES string of the molecule is CC(C)C(C)(CC[C@@H](C)[C@H]1CC[C@H]2[C@@H]3CC=C4C[C@@H](O)CC[C@]4(C)[C@H]3CC[C@]12C)C(C)C. The number of rotatable bonds is 6. The molecule has 3 fully saturated rings. The Kier molecular flexibility index (Phi) is 6.77. The Morgan fingerprint density at radius 3 is 2.31 bits per heavy atom. The average molecular weight is 443 g/mol. The van der Waals surface area contributed by atoms with E-state index in [4.69, 9.17) is 0 Å². The van der Waals surface area contributed by atoms with Gasteiger partial charge in [0, 0.05) is 0 Å². The van der Waals surface area contributed by atoms with Crippen molar-refractivity contribution >= 4 is 0 Å². The Balaban J connectivity index is 1.48. The maximum absolute atomic E-state index is 10.3. The molecule has 0 amide bonds. The Morgan fingerprint density at radius 1 is 0.969 bits per heavy atom. The monoisotopic (exact) mass is 442 g/mol.